The van der Waals surface area contributed by atoms with Crippen LogP contribution in [0.25, 0.3) is 10.1 Å². The minimum absolute atomic E-state index is 0.277. The molecule has 3 nitrogen and oxygen atoms in total. The summed E-state index contributed by atoms with van der Waals surface area (Å²) in [5, 5.41) is 0.983. The fourth-order valence-corrected chi connectivity index (χ4v) is 3.87. The Hall–Kier alpha value is -1.85. The lowest BCUT2D eigenvalue weighted by Gasteiger charge is -2.00. The molecule has 0 fully saturated rings. The molecule has 0 spiro atoms. The SMILES string of the molecule is CCc1ccc(COC(=O)c2cc3cc(N)ccc3s2)s1. The normalized spacial score (nSPS) is 10.9. The van der Waals surface area contributed by atoms with E-state index in [1.807, 2.05) is 30.3 Å². The highest BCUT2D eigenvalue weighted by Crippen LogP contribution is 2.28. The first-order chi connectivity index (χ1) is 10.2. The maximum atomic E-state index is 12.1. The minimum atomic E-state index is -0.277. The van der Waals surface area contributed by atoms with Crippen LogP contribution in [0, 0.1) is 0 Å². The number of esters is 1. The number of anilines is 1. The van der Waals surface area contributed by atoms with Crippen LogP contribution in [0.5, 0.6) is 0 Å². The summed E-state index contributed by atoms with van der Waals surface area (Å²) >= 11 is 3.12. The summed E-state index contributed by atoms with van der Waals surface area (Å²) in [5.41, 5.74) is 6.45. The van der Waals surface area contributed by atoms with Crippen LogP contribution in [0.1, 0.15) is 26.3 Å². The summed E-state index contributed by atoms with van der Waals surface area (Å²) < 4.78 is 6.42. The zero-order chi connectivity index (χ0) is 14.8. The molecule has 2 aromatic heterocycles. The number of rotatable bonds is 4. The lowest BCUT2D eigenvalue weighted by atomic mass is 10.2. The molecule has 5 heteroatoms. The standard InChI is InChI=1S/C16H15NO2S2/c1-2-12-4-5-13(20-12)9-19-16(18)15-8-10-7-11(17)3-6-14(10)21-15/h3-8H,2,9,17H2,1H3. The summed E-state index contributed by atoms with van der Waals surface area (Å²) in [7, 11) is 0. The second-order valence-corrected chi connectivity index (χ2v) is 7.04. The van der Waals surface area contributed by atoms with Crippen molar-refractivity contribution in [3.8, 4) is 0 Å². The highest BCUT2D eigenvalue weighted by Gasteiger charge is 2.12. The predicted octanol–water partition coefficient (Wildman–Crippen LogP) is 4.46. The summed E-state index contributed by atoms with van der Waals surface area (Å²) in [6.07, 6.45) is 1.01. The van der Waals surface area contributed by atoms with Crippen LogP contribution < -0.4 is 5.73 Å². The Morgan fingerprint density at radius 1 is 1.14 bits per heavy atom. The van der Waals surface area contributed by atoms with Gasteiger partial charge in [-0.1, -0.05) is 6.92 Å². The molecule has 0 aliphatic carbocycles. The van der Waals surface area contributed by atoms with E-state index >= 15 is 0 Å². The van der Waals surface area contributed by atoms with Crippen LogP contribution in [0.2, 0.25) is 0 Å². The average molecular weight is 317 g/mol. The molecular weight excluding hydrogens is 302 g/mol. The largest absolute Gasteiger partial charge is 0.456 e. The Balaban J connectivity index is 1.71. The fourth-order valence-electron chi connectivity index (χ4n) is 2.06. The Morgan fingerprint density at radius 3 is 2.71 bits per heavy atom. The van der Waals surface area contributed by atoms with Crippen LogP contribution >= 0.6 is 22.7 Å². The van der Waals surface area contributed by atoms with Gasteiger partial charge < -0.3 is 10.5 Å². The van der Waals surface area contributed by atoms with E-state index in [0.29, 0.717) is 17.2 Å². The third-order valence-corrected chi connectivity index (χ3v) is 5.45. The topological polar surface area (TPSA) is 52.3 Å². The number of hydrogen-bond acceptors (Lipinski definition) is 5. The second-order valence-electron chi connectivity index (χ2n) is 4.71. The lowest BCUT2D eigenvalue weighted by Crippen LogP contribution is -2.01. The van der Waals surface area contributed by atoms with E-state index in [1.54, 1.807) is 11.3 Å². The third kappa shape index (κ3) is 3.09. The highest BCUT2D eigenvalue weighted by molar-refractivity contribution is 7.20. The predicted molar refractivity (Wildman–Crippen MR) is 89.1 cm³/mol. The lowest BCUT2D eigenvalue weighted by molar-refractivity contribution is 0.0482. The fraction of sp³-hybridized carbons (Fsp3) is 0.188. The average Bonchev–Trinajstić information content (AvgIpc) is 3.10. The van der Waals surface area contributed by atoms with Gasteiger partial charge in [-0.2, -0.15) is 0 Å². The quantitative estimate of drug-likeness (QED) is 0.571. The third-order valence-electron chi connectivity index (χ3n) is 3.15. The molecule has 0 bridgehead atoms. The van der Waals surface area contributed by atoms with E-state index in [0.717, 1.165) is 21.4 Å². The van der Waals surface area contributed by atoms with Gasteiger partial charge in [-0.25, -0.2) is 4.79 Å². The van der Waals surface area contributed by atoms with Crippen molar-refractivity contribution in [2.24, 2.45) is 0 Å². The number of thiophene rings is 2. The first kappa shape index (κ1) is 14.1. The summed E-state index contributed by atoms with van der Waals surface area (Å²) in [6.45, 7) is 2.45. The van der Waals surface area contributed by atoms with Crippen molar-refractivity contribution in [2.75, 3.05) is 5.73 Å². The van der Waals surface area contributed by atoms with Crippen LogP contribution in [-0.4, -0.2) is 5.97 Å². The maximum Gasteiger partial charge on any atom is 0.348 e. The van der Waals surface area contributed by atoms with Crippen molar-refractivity contribution in [3.63, 3.8) is 0 Å². The molecule has 3 aromatic rings. The zero-order valence-electron chi connectivity index (χ0n) is 11.6. The molecule has 0 aliphatic heterocycles. The number of aryl methyl sites for hydroxylation is 1. The number of hydrogen-bond donors (Lipinski definition) is 1. The number of nitrogens with two attached hydrogens (primary N) is 1. The zero-order valence-corrected chi connectivity index (χ0v) is 13.2. The van der Waals surface area contributed by atoms with E-state index in [4.69, 9.17) is 10.5 Å². The van der Waals surface area contributed by atoms with Gasteiger partial charge in [0.2, 0.25) is 0 Å². The van der Waals surface area contributed by atoms with Crippen molar-refractivity contribution >= 4 is 44.4 Å². The van der Waals surface area contributed by atoms with Gasteiger partial charge >= 0.3 is 5.97 Å². The van der Waals surface area contributed by atoms with E-state index < -0.39 is 0 Å². The van der Waals surface area contributed by atoms with Crippen LogP contribution in [0.3, 0.4) is 0 Å². The van der Waals surface area contributed by atoms with Gasteiger partial charge in [-0.05, 0) is 48.2 Å². The number of fused-ring (bicyclic) bond motifs is 1. The molecule has 0 amide bonds. The van der Waals surface area contributed by atoms with Gasteiger partial charge in [-0.15, -0.1) is 22.7 Å². The van der Waals surface area contributed by atoms with Gasteiger partial charge in [0, 0.05) is 20.1 Å². The molecule has 0 saturated heterocycles. The van der Waals surface area contributed by atoms with Crippen molar-refractivity contribution < 1.29 is 9.53 Å². The number of carbonyl (C=O) groups excluding carboxylic acids is 1. The monoisotopic (exact) mass is 317 g/mol. The van der Waals surface area contributed by atoms with Crippen molar-refractivity contribution in [1.29, 1.82) is 0 Å². The maximum absolute atomic E-state index is 12.1. The molecule has 0 atom stereocenters. The number of ether oxygens (including phenoxy) is 1. The molecule has 0 aliphatic rings. The first-order valence-corrected chi connectivity index (χ1v) is 8.33. The molecular formula is C16H15NO2S2. The van der Waals surface area contributed by atoms with Crippen LogP contribution in [0.4, 0.5) is 5.69 Å². The van der Waals surface area contributed by atoms with Gasteiger partial charge in [0.15, 0.2) is 0 Å². The van der Waals surface area contributed by atoms with Crippen molar-refractivity contribution in [3.05, 3.63) is 51.0 Å². The van der Waals surface area contributed by atoms with E-state index in [9.17, 15) is 4.79 Å². The second kappa shape index (κ2) is 5.87. The minimum Gasteiger partial charge on any atom is -0.456 e. The van der Waals surface area contributed by atoms with Crippen LogP contribution in [-0.2, 0) is 17.8 Å². The van der Waals surface area contributed by atoms with E-state index in [-0.39, 0.29) is 5.97 Å². The van der Waals surface area contributed by atoms with E-state index in [1.165, 1.54) is 16.2 Å². The Labute approximate surface area is 131 Å². The molecule has 21 heavy (non-hydrogen) atoms. The molecule has 0 unspecified atom stereocenters. The molecule has 3 rings (SSSR count). The number of carbonyl (C=O) groups is 1. The van der Waals surface area contributed by atoms with Crippen molar-refractivity contribution in [1.82, 2.24) is 0 Å². The molecule has 2 N–H and O–H groups in total. The Kier molecular flexibility index (Phi) is 3.94. The Bertz CT molecular complexity index is 789. The molecule has 2 heterocycles. The van der Waals surface area contributed by atoms with Gasteiger partial charge in [0.05, 0.1) is 0 Å². The van der Waals surface area contributed by atoms with Gasteiger partial charge in [0.25, 0.3) is 0 Å². The smallest absolute Gasteiger partial charge is 0.348 e. The van der Waals surface area contributed by atoms with Crippen LogP contribution in [0.15, 0.2) is 36.4 Å². The summed E-state index contributed by atoms with van der Waals surface area (Å²) in [5.74, 6) is -0.277. The van der Waals surface area contributed by atoms with Crippen molar-refractivity contribution in [2.45, 2.75) is 20.0 Å². The van der Waals surface area contributed by atoms with Gasteiger partial charge in [-0.3, -0.25) is 0 Å². The Morgan fingerprint density at radius 2 is 1.95 bits per heavy atom. The first-order valence-electron chi connectivity index (χ1n) is 6.69. The van der Waals surface area contributed by atoms with Gasteiger partial charge in [0.1, 0.15) is 11.5 Å². The highest BCUT2D eigenvalue weighted by atomic mass is 32.1. The molecule has 108 valence electrons. The number of nitrogen functional groups attached to an aromatic ring is 1. The summed E-state index contributed by atoms with van der Waals surface area (Å²) in [6, 6.07) is 11.6. The van der Waals surface area contributed by atoms with E-state index in [2.05, 4.69) is 13.0 Å². The molecule has 1 aromatic carbocycles. The number of benzene rings is 1. The summed E-state index contributed by atoms with van der Waals surface area (Å²) in [4.78, 5) is 15.1. The molecule has 0 radical (unpaired) electrons. The molecule has 0 saturated carbocycles.